The van der Waals surface area contributed by atoms with E-state index in [1.165, 1.54) is 150 Å². The SMILES string of the molecule is CCCCCCCCC(=O)Nc1cc(N=Nc2nncs2)cc(NC(=O)CCCCCCCC)c1[O-].CCCC[N+](CCCC)(CCCC)CCCC. The van der Waals surface area contributed by atoms with Gasteiger partial charge in [0.1, 0.15) is 5.51 Å². The molecule has 0 saturated heterocycles. The Kier molecular flexibility index (Phi) is 28.5. The van der Waals surface area contributed by atoms with Crippen LogP contribution in [0.25, 0.3) is 0 Å². The van der Waals surface area contributed by atoms with E-state index in [1.54, 1.807) is 0 Å². The van der Waals surface area contributed by atoms with Crippen molar-refractivity contribution in [1.82, 2.24) is 10.2 Å². The van der Waals surface area contributed by atoms with Crippen LogP contribution in [0.15, 0.2) is 27.9 Å². The first-order chi connectivity index (χ1) is 25.8. The van der Waals surface area contributed by atoms with Crippen LogP contribution >= 0.6 is 11.3 Å². The van der Waals surface area contributed by atoms with Gasteiger partial charge in [0.2, 0.25) is 11.8 Å². The molecular formula is C42H75N7O3S. The van der Waals surface area contributed by atoms with Crippen LogP contribution < -0.4 is 15.7 Å². The van der Waals surface area contributed by atoms with E-state index in [-0.39, 0.29) is 23.2 Å². The molecule has 0 bridgehead atoms. The molecule has 0 aliphatic heterocycles. The molecule has 2 N–H and O–H groups in total. The number of carbonyl (C=O) groups is 2. The van der Waals surface area contributed by atoms with E-state index < -0.39 is 5.75 Å². The van der Waals surface area contributed by atoms with Gasteiger partial charge in [0, 0.05) is 24.2 Å². The summed E-state index contributed by atoms with van der Waals surface area (Å²) in [5.74, 6) is -0.909. The highest BCUT2D eigenvalue weighted by atomic mass is 32.1. The van der Waals surface area contributed by atoms with Crippen LogP contribution in [0, 0.1) is 0 Å². The van der Waals surface area contributed by atoms with Crippen molar-refractivity contribution in [3.63, 3.8) is 0 Å². The van der Waals surface area contributed by atoms with Crippen molar-refractivity contribution in [2.45, 2.75) is 183 Å². The Balaban J connectivity index is 0.000000695. The maximum absolute atomic E-state index is 13.0. The first-order valence-corrected chi connectivity index (χ1v) is 22.1. The van der Waals surface area contributed by atoms with Crippen LogP contribution in [0.1, 0.15) is 183 Å². The lowest BCUT2D eigenvalue weighted by Crippen LogP contribution is -2.50. The van der Waals surface area contributed by atoms with Crippen molar-refractivity contribution in [1.29, 1.82) is 0 Å². The number of nitrogens with one attached hydrogen (secondary N) is 2. The number of carbonyl (C=O) groups excluding carboxylic acids is 2. The zero-order valence-corrected chi connectivity index (χ0v) is 35.3. The minimum atomic E-state index is -0.447. The molecule has 0 aliphatic rings. The Labute approximate surface area is 327 Å². The molecule has 11 heteroatoms. The molecule has 53 heavy (non-hydrogen) atoms. The fourth-order valence-corrected chi connectivity index (χ4v) is 6.74. The van der Waals surface area contributed by atoms with Crippen molar-refractivity contribution >= 4 is 45.3 Å². The number of unbranched alkanes of at least 4 members (excludes halogenated alkanes) is 14. The average Bonchev–Trinajstić information content (AvgIpc) is 3.69. The number of quaternary nitrogens is 1. The third kappa shape index (κ3) is 22.8. The lowest BCUT2D eigenvalue weighted by molar-refractivity contribution is -0.929. The van der Waals surface area contributed by atoms with Gasteiger partial charge in [0.15, 0.2) is 0 Å². The van der Waals surface area contributed by atoms with E-state index in [0.717, 1.165) is 38.5 Å². The number of benzene rings is 1. The second-order valence-corrected chi connectivity index (χ2v) is 15.4. The molecule has 1 aromatic heterocycles. The van der Waals surface area contributed by atoms with Crippen molar-refractivity contribution in [2.24, 2.45) is 10.2 Å². The highest BCUT2D eigenvalue weighted by Gasteiger charge is 2.24. The van der Waals surface area contributed by atoms with Crippen LogP contribution in [-0.4, -0.2) is 52.7 Å². The maximum Gasteiger partial charge on any atom is 0.251 e. The van der Waals surface area contributed by atoms with Gasteiger partial charge in [-0.05, 0) is 50.7 Å². The van der Waals surface area contributed by atoms with Crippen molar-refractivity contribution < 1.29 is 19.2 Å². The number of rotatable bonds is 30. The van der Waals surface area contributed by atoms with Gasteiger partial charge in [-0.25, -0.2) is 0 Å². The Morgan fingerprint density at radius 1 is 0.604 bits per heavy atom. The van der Waals surface area contributed by atoms with Gasteiger partial charge in [-0.3, -0.25) is 9.59 Å². The van der Waals surface area contributed by atoms with Crippen molar-refractivity contribution in [2.75, 3.05) is 36.8 Å². The minimum absolute atomic E-state index is 0.0783. The molecule has 0 fully saturated rings. The fourth-order valence-electron chi connectivity index (χ4n) is 6.37. The molecule has 2 aromatic rings. The fraction of sp³-hybridized carbons (Fsp3) is 0.762. The standard InChI is InChI=1S/C26H40N6O3S.C16H36N/c1-3-5-7-9-11-13-15-23(33)28-21-17-20(30-32-26-31-27-19-36-26)18-22(25(21)35)29-24(34)16-14-12-10-8-6-4-2;1-5-9-13-17(14-10-6-2,15-11-7-3)16-12-8-4/h17-19,35H,3-16H2,1-2H3,(H,28,33)(H,29,34);5-16H2,1-4H3/q;+1/p-1. The van der Waals surface area contributed by atoms with E-state index in [0.29, 0.717) is 23.7 Å². The van der Waals surface area contributed by atoms with Gasteiger partial charge in [-0.1, -0.05) is 149 Å². The van der Waals surface area contributed by atoms with Crippen LogP contribution in [-0.2, 0) is 9.59 Å². The van der Waals surface area contributed by atoms with Crippen LogP contribution in [0.3, 0.4) is 0 Å². The van der Waals surface area contributed by atoms with E-state index in [1.807, 2.05) is 0 Å². The molecular weight excluding hydrogens is 683 g/mol. The summed E-state index contributed by atoms with van der Waals surface area (Å²) >= 11 is 1.22. The van der Waals surface area contributed by atoms with Crippen LogP contribution in [0.4, 0.5) is 22.2 Å². The lowest BCUT2D eigenvalue weighted by atomic mass is 10.1. The zero-order valence-electron chi connectivity index (χ0n) is 34.5. The van der Waals surface area contributed by atoms with E-state index >= 15 is 0 Å². The molecule has 0 spiro atoms. The Hall–Kier alpha value is -2.92. The van der Waals surface area contributed by atoms with Gasteiger partial charge in [-0.2, -0.15) is 0 Å². The van der Waals surface area contributed by atoms with Gasteiger partial charge >= 0.3 is 0 Å². The molecule has 2 rings (SSSR count). The van der Waals surface area contributed by atoms with Gasteiger partial charge < -0.3 is 20.2 Å². The number of amides is 2. The summed E-state index contributed by atoms with van der Waals surface area (Å²) in [7, 11) is 0. The Morgan fingerprint density at radius 3 is 1.38 bits per heavy atom. The first kappa shape index (κ1) is 48.1. The number of hydrogen-bond acceptors (Lipinski definition) is 8. The van der Waals surface area contributed by atoms with Crippen molar-refractivity contribution in [3.8, 4) is 5.75 Å². The Bertz CT molecular complexity index is 1150. The normalized spacial score (nSPS) is 11.4. The molecule has 0 atom stereocenters. The van der Waals surface area contributed by atoms with Crippen LogP contribution in [0.2, 0.25) is 0 Å². The second-order valence-electron chi connectivity index (χ2n) is 14.6. The summed E-state index contributed by atoms with van der Waals surface area (Å²) in [4.78, 5) is 25.0. The molecule has 0 radical (unpaired) electrons. The summed E-state index contributed by atoms with van der Waals surface area (Å²) in [6.45, 7) is 19.4. The molecule has 10 nitrogen and oxygen atoms in total. The highest BCUT2D eigenvalue weighted by molar-refractivity contribution is 7.13. The topological polar surface area (TPSA) is 132 Å². The van der Waals surface area contributed by atoms with Crippen molar-refractivity contribution in [3.05, 3.63) is 17.6 Å². The van der Waals surface area contributed by atoms with Gasteiger partial charge in [-0.15, -0.1) is 20.4 Å². The second kappa shape index (κ2) is 31.4. The minimum Gasteiger partial charge on any atom is -0.870 e. The zero-order chi connectivity index (χ0) is 39.0. The predicted octanol–water partition coefficient (Wildman–Crippen LogP) is 12.4. The summed E-state index contributed by atoms with van der Waals surface area (Å²) in [5, 5.41) is 34.4. The average molecular weight is 758 g/mol. The molecule has 2 amide bonds. The van der Waals surface area contributed by atoms with Gasteiger partial charge in [0.25, 0.3) is 5.13 Å². The van der Waals surface area contributed by atoms with E-state index in [2.05, 4.69) is 72.6 Å². The molecule has 1 heterocycles. The van der Waals surface area contributed by atoms with E-state index in [9.17, 15) is 14.7 Å². The summed E-state index contributed by atoms with van der Waals surface area (Å²) in [5.41, 5.74) is 2.02. The number of azo groups is 1. The first-order valence-electron chi connectivity index (χ1n) is 21.3. The number of aromatic nitrogens is 2. The number of anilines is 2. The summed E-state index contributed by atoms with van der Waals surface area (Å²) < 4.78 is 1.42. The lowest BCUT2D eigenvalue weighted by Gasteiger charge is -2.39. The molecule has 1 aromatic carbocycles. The number of hydrogen-bond donors (Lipinski definition) is 2. The smallest absolute Gasteiger partial charge is 0.251 e. The monoisotopic (exact) mass is 758 g/mol. The largest absolute Gasteiger partial charge is 0.870 e. The third-order valence-electron chi connectivity index (χ3n) is 9.68. The number of nitrogens with zero attached hydrogens (tertiary/aromatic N) is 5. The maximum atomic E-state index is 13.0. The van der Waals surface area contributed by atoms with Crippen LogP contribution in [0.5, 0.6) is 5.75 Å². The third-order valence-corrected chi connectivity index (χ3v) is 10.3. The molecule has 0 saturated carbocycles. The van der Waals surface area contributed by atoms with E-state index in [4.69, 9.17) is 0 Å². The van der Waals surface area contributed by atoms with Gasteiger partial charge in [0.05, 0.1) is 31.9 Å². The molecule has 0 unspecified atom stereocenters. The molecule has 302 valence electrons. The summed E-state index contributed by atoms with van der Waals surface area (Å²) in [6.07, 6.45) is 24.5. The molecule has 0 aliphatic carbocycles. The highest BCUT2D eigenvalue weighted by Crippen LogP contribution is 2.36. The summed E-state index contributed by atoms with van der Waals surface area (Å²) in [6, 6.07) is 2.94. The Morgan fingerprint density at radius 2 is 1.00 bits per heavy atom. The predicted molar refractivity (Wildman–Crippen MR) is 223 cm³/mol. The quantitative estimate of drug-likeness (QED) is 0.0465.